The van der Waals surface area contributed by atoms with Crippen molar-refractivity contribution < 1.29 is 13.2 Å². The lowest BCUT2D eigenvalue weighted by Gasteiger charge is -2.35. The zero-order chi connectivity index (χ0) is 23.8. The molecule has 0 bridgehead atoms. The van der Waals surface area contributed by atoms with Crippen LogP contribution in [0.25, 0.3) is 5.57 Å². The van der Waals surface area contributed by atoms with E-state index in [9.17, 15) is 13.2 Å². The standard InChI is InChI=1S/C29H26F3N/c1-27(2,3)18-12-14-23-22(16-18)28(4,5)25-24(17-9-7-6-8-10-17)21-15-19(29(30,31)32)11-13-20(21)26(25)33-23/h6-16H,1-5H3. The van der Waals surface area contributed by atoms with E-state index in [0.717, 1.165) is 45.3 Å². The Morgan fingerprint density at radius 3 is 2.06 bits per heavy atom. The Morgan fingerprint density at radius 1 is 0.758 bits per heavy atom. The first-order valence-electron chi connectivity index (χ1n) is 11.2. The van der Waals surface area contributed by atoms with Crippen LogP contribution in [0.1, 0.15) is 68.0 Å². The van der Waals surface area contributed by atoms with Gasteiger partial charge in [0.25, 0.3) is 0 Å². The lowest BCUT2D eigenvalue weighted by molar-refractivity contribution is -0.137. The fourth-order valence-electron chi connectivity index (χ4n) is 5.01. The van der Waals surface area contributed by atoms with E-state index in [4.69, 9.17) is 4.99 Å². The van der Waals surface area contributed by atoms with E-state index in [1.165, 1.54) is 11.6 Å². The maximum absolute atomic E-state index is 13.6. The van der Waals surface area contributed by atoms with E-state index in [0.29, 0.717) is 5.56 Å². The Morgan fingerprint density at radius 2 is 1.42 bits per heavy atom. The van der Waals surface area contributed by atoms with E-state index in [-0.39, 0.29) is 5.41 Å². The number of fused-ring (bicyclic) bond motifs is 4. The van der Waals surface area contributed by atoms with Gasteiger partial charge in [0.15, 0.2) is 0 Å². The minimum atomic E-state index is -4.41. The molecule has 0 amide bonds. The minimum Gasteiger partial charge on any atom is -0.248 e. The Labute approximate surface area is 192 Å². The molecule has 0 spiro atoms. The molecule has 1 heterocycles. The molecule has 0 aromatic heterocycles. The van der Waals surface area contributed by atoms with Crippen molar-refractivity contribution in [3.63, 3.8) is 0 Å². The number of rotatable bonds is 1. The van der Waals surface area contributed by atoms with Crippen molar-refractivity contribution >= 4 is 17.0 Å². The molecule has 3 aromatic rings. The summed E-state index contributed by atoms with van der Waals surface area (Å²) in [5.74, 6) is 0. The number of benzene rings is 3. The van der Waals surface area contributed by atoms with Gasteiger partial charge in [-0.2, -0.15) is 13.2 Å². The van der Waals surface area contributed by atoms with Crippen LogP contribution in [-0.2, 0) is 17.0 Å². The fourth-order valence-corrected chi connectivity index (χ4v) is 5.01. The fraction of sp³-hybridized carbons (Fsp3) is 0.276. The van der Waals surface area contributed by atoms with Crippen LogP contribution in [0.2, 0.25) is 0 Å². The van der Waals surface area contributed by atoms with Gasteiger partial charge in [0.2, 0.25) is 0 Å². The third-order valence-corrected chi connectivity index (χ3v) is 6.81. The van der Waals surface area contributed by atoms with Crippen LogP contribution in [0.15, 0.2) is 77.3 Å². The molecule has 2 aliphatic rings. The van der Waals surface area contributed by atoms with Crippen molar-refractivity contribution in [2.24, 2.45) is 4.99 Å². The number of aliphatic imine (C=N–C) groups is 1. The first-order chi connectivity index (χ1) is 15.4. The summed E-state index contributed by atoms with van der Waals surface area (Å²) in [7, 11) is 0. The molecule has 1 nitrogen and oxygen atoms in total. The Hall–Kier alpha value is -3.14. The van der Waals surface area contributed by atoms with Gasteiger partial charge in [-0.25, -0.2) is 4.99 Å². The number of nitrogens with zero attached hydrogens (tertiary/aromatic N) is 1. The van der Waals surface area contributed by atoms with Crippen molar-refractivity contribution in [1.29, 1.82) is 0 Å². The van der Waals surface area contributed by atoms with Gasteiger partial charge >= 0.3 is 6.18 Å². The number of hydrogen-bond donors (Lipinski definition) is 0. The average molecular weight is 446 g/mol. The van der Waals surface area contributed by atoms with Crippen LogP contribution >= 0.6 is 0 Å². The predicted octanol–water partition coefficient (Wildman–Crippen LogP) is 8.23. The molecule has 1 aliphatic carbocycles. The molecule has 0 radical (unpaired) electrons. The largest absolute Gasteiger partial charge is 0.416 e. The van der Waals surface area contributed by atoms with Gasteiger partial charge < -0.3 is 0 Å². The van der Waals surface area contributed by atoms with Gasteiger partial charge in [-0.05, 0) is 57.0 Å². The highest BCUT2D eigenvalue weighted by atomic mass is 19.4. The third kappa shape index (κ3) is 3.35. The summed E-state index contributed by atoms with van der Waals surface area (Å²) in [5, 5.41) is 0. The van der Waals surface area contributed by atoms with Gasteiger partial charge in [0.05, 0.1) is 17.0 Å². The second kappa shape index (κ2) is 6.93. The molecule has 0 saturated heterocycles. The zero-order valence-electron chi connectivity index (χ0n) is 19.4. The van der Waals surface area contributed by atoms with Gasteiger partial charge in [-0.1, -0.05) is 83.1 Å². The second-order valence-corrected chi connectivity index (χ2v) is 10.4. The topological polar surface area (TPSA) is 12.4 Å². The van der Waals surface area contributed by atoms with Crippen LogP contribution in [0.5, 0.6) is 0 Å². The van der Waals surface area contributed by atoms with Crippen molar-refractivity contribution in [3.05, 3.63) is 106 Å². The van der Waals surface area contributed by atoms with E-state index in [1.807, 2.05) is 36.4 Å². The van der Waals surface area contributed by atoms with Crippen LogP contribution in [0.3, 0.4) is 0 Å². The molecular weight excluding hydrogens is 419 g/mol. The summed E-state index contributed by atoms with van der Waals surface area (Å²) in [6.07, 6.45) is -4.41. The highest BCUT2D eigenvalue weighted by Crippen LogP contribution is 2.53. The Balaban J connectivity index is 1.85. The highest BCUT2D eigenvalue weighted by Gasteiger charge is 2.44. The second-order valence-electron chi connectivity index (χ2n) is 10.4. The number of allylic oxidation sites excluding steroid dienone is 1. The van der Waals surface area contributed by atoms with E-state index in [1.54, 1.807) is 6.07 Å². The van der Waals surface area contributed by atoms with E-state index < -0.39 is 17.2 Å². The van der Waals surface area contributed by atoms with Gasteiger partial charge in [-0.15, -0.1) is 0 Å². The van der Waals surface area contributed by atoms with Crippen LogP contribution in [0.4, 0.5) is 18.9 Å². The lowest BCUT2D eigenvalue weighted by Crippen LogP contribution is -2.29. The normalized spacial score (nSPS) is 16.8. The maximum atomic E-state index is 13.6. The lowest BCUT2D eigenvalue weighted by atomic mass is 9.70. The summed E-state index contributed by atoms with van der Waals surface area (Å²) in [6, 6.07) is 20.1. The minimum absolute atomic E-state index is 0.0218. The molecule has 0 unspecified atom stereocenters. The van der Waals surface area contributed by atoms with Crippen molar-refractivity contribution in [3.8, 4) is 0 Å². The Bertz CT molecular complexity index is 1330. The monoisotopic (exact) mass is 445 g/mol. The maximum Gasteiger partial charge on any atom is 0.416 e. The first kappa shape index (κ1) is 21.7. The molecule has 0 fully saturated rings. The Kier molecular flexibility index (Phi) is 4.55. The van der Waals surface area contributed by atoms with Crippen LogP contribution in [-0.4, -0.2) is 5.71 Å². The predicted molar refractivity (Wildman–Crippen MR) is 128 cm³/mol. The molecule has 0 atom stereocenters. The average Bonchev–Trinajstić information content (AvgIpc) is 3.07. The summed E-state index contributed by atoms with van der Waals surface area (Å²) in [5.41, 5.74) is 6.97. The van der Waals surface area contributed by atoms with E-state index >= 15 is 0 Å². The molecule has 5 rings (SSSR count). The summed E-state index contributed by atoms with van der Waals surface area (Å²) >= 11 is 0. The smallest absolute Gasteiger partial charge is 0.248 e. The number of hydrogen-bond acceptors (Lipinski definition) is 1. The molecule has 1 aliphatic heterocycles. The van der Waals surface area contributed by atoms with Gasteiger partial charge in [-0.3, -0.25) is 0 Å². The third-order valence-electron chi connectivity index (χ3n) is 6.81. The summed E-state index contributed by atoms with van der Waals surface area (Å²) in [4.78, 5) is 5.01. The van der Waals surface area contributed by atoms with Crippen molar-refractivity contribution in [2.75, 3.05) is 0 Å². The van der Waals surface area contributed by atoms with Crippen LogP contribution < -0.4 is 0 Å². The SMILES string of the molecule is CC(C)(C)c1ccc2c(c1)C(C)(C)C1=C(c3ccccc3)c3cc(C(F)(F)F)ccc3C1=N2. The molecule has 0 N–H and O–H groups in total. The van der Waals surface area contributed by atoms with Crippen molar-refractivity contribution in [1.82, 2.24) is 0 Å². The first-order valence-corrected chi connectivity index (χ1v) is 11.2. The molecule has 168 valence electrons. The van der Waals surface area contributed by atoms with Gasteiger partial charge in [0, 0.05) is 11.0 Å². The van der Waals surface area contributed by atoms with Gasteiger partial charge in [0.1, 0.15) is 0 Å². The molecular formula is C29H26F3N. The molecule has 3 aromatic carbocycles. The van der Waals surface area contributed by atoms with E-state index in [2.05, 4.69) is 46.8 Å². The van der Waals surface area contributed by atoms with Crippen LogP contribution in [0, 0.1) is 0 Å². The summed E-state index contributed by atoms with van der Waals surface area (Å²) in [6.45, 7) is 10.8. The van der Waals surface area contributed by atoms with Crippen molar-refractivity contribution in [2.45, 2.75) is 51.6 Å². The number of halogens is 3. The molecule has 0 saturated carbocycles. The molecule has 33 heavy (non-hydrogen) atoms. The summed E-state index contributed by atoms with van der Waals surface area (Å²) < 4.78 is 40.9. The molecule has 4 heteroatoms. The number of alkyl halides is 3. The zero-order valence-corrected chi connectivity index (χ0v) is 19.4. The quantitative estimate of drug-likeness (QED) is 0.358. The highest BCUT2D eigenvalue weighted by molar-refractivity contribution is 6.28.